The predicted octanol–water partition coefficient (Wildman–Crippen LogP) is 4.12. The Bertz CT molecular complexity index is 725. The molecule has 0 bridgehead atoms. The summed E-state index contributed by atoms with van der Waals surface area (Å²) in [6, 6.07) is 6.22. The van der Waals surface area contributed by atoms with Crippen molar-refractivity contribution >= 4 is 68.6 Å². The van der Waals surface area contributed by atoms with Crippen molar-refractivity contribution in [3.8, 4) is 0 Å². The van der Waals surface area contributed by atoms with Crippen molar-refractivity contribution in [2.45, 2.75) is 6.92 Å². The minimum atomic E-state index is 0.292. The molecule has 0 amide bonds. The molecule has 128 valence electrons. The number of thiocarbonyl (C=S) groups is 1. The number of rotatable bonds is 8. The molecule has 1 heterocycles. The summed E-state index contributed by atoms with van der Waals surface area (Å²) in [6.45, 7) is 3.59. The zero-order chi connectivity index (χ0) is 17.5. The van der Waals surface area contributed by atoms with Gasteiger partial charge in [-0.1, -0.05) is 29.6 Å². The first kappa shape index (κ1) is 19.1. The molecule has 1 aromatic carbocycles. The van der Waals surface area contributed by atoms with Gasteiger partial charge < -0.3 is 10.6 Å². The van der Waals surface area contributed by atoms with Crippen molar-refractivity contribution in [3.05, 3.63) is 40.5 Å². The predicted molar refractivity (Wildman–Crippen MR) is 110 cm³/mol. The molecule has 0 fully saturated rings. The Morgan fingerprint density at radius 2 is 2.08 bits per heavy atom. The van der Waals surface area contributed by atoms with E-state index in [0.29, 0.717) is 21.8 Å². The summed E-state index contributed by atoms with van der Waals surface area (Å²) >= 11 is 18.0. The minimum Gasteiger partial charge on any atom is -0.387 e. The number of benzene rings is 1. The lowest BCUT2D eigenvalue weighted by molar-refractivity contribution is 0.873. The van der Waals surface area contributed by atoms with Gasteiger partial charge in [-0.3, -0.25) is 0 Å². The number of alkyl halides is 2. The average molecular weight is 401 g/mol. The summed E-state index contributed by atoms with van der Waals surface area (Å²) in [6.07, 6.45) is 3.49. The van der Waals surface area contributed by atoms with Crippen molar-refractivity contribution in [3.63, 3.8) is 0 Å². The summed E-state index contributed by atoms with van der Waals surface area (Å²) in [5.74, 6) is 1.13. The Morgan fingerprint density at radius 1 is 1.38 bits per heavy atom. The fraction of sp³-hybridized carbons (Fsp3) is 0.312. The molecule has 2 aromatic rings. The van der Waals surface area contributed by atoms with Crippen LogP contribution in [0.25, 0.3) is 0 Å². The molecule has 1 aromatic heterocycles. The van der Waals surface area contributed by atoms with Crippen LogP contribution in [-0.4, -0.2) is 41.0 Å². The molecule has 0 atom stereocenters. The fourth-order valence-corrected chi connectivity index (χ4v) is 3.35. The lowest BCUT2D eigenvalue weighted by Crippen LogP contribution is -2.27. The van der Waals surface area contributed by atoms with E-state index in [1.54, 1.807) is 6.20 Å². The SMILES string of the molecule is Cc1cc(N(CCCl)CCCl)ccc1/C=N/c1cnc(C(N)=S)s1. The molecule has 2 N–H and O–H groups in total. The second-order valence-electron chi connectivity index (χ2n) is 5.03. The molecule has 0 spiro atoms. The van der Waals surface area contributed by atoms with Gasteiger partial charge in [-0.05, 0) is 30.2 Å². The van der Waals surface area contributed by atoms with Crippen LogP contribution < -0.4 is 10.6 Å². The number of hydrogen-bond donors (Lipinski definition) is 1. The van der Waals surface area contributed by atoms with E-state index in [0.717, 1.165) is 34.9 Å². The number of nitrogens with zero attached hydrogens (tertiary/aromatic N) is 3. The Morgan fingerprint density at radius 3 is 2.62 bits per heavy atom. The van der Waals surface area contributed by atoms with Gasteiger partial charge in [0.05, 0.1) is 6.20 Å². The smallest absolute Gasteiger partial charge is 0.152 e. The van der Waals surface area contributed by atoms with Crippen molar-refractivity contribution in [2.75, 3.05) is 29.7 Å². The Labute approximate surface area is 161 Å². The van der Waals surface area contributed by atoms with Crippen LogP contribution >= 0.6 is 46.8 Å². The van der Waals surface area contributed by atoms with E-state index in [4.69, 9.17) is 41.2 Å². The van der Waals surface area contributed by atoms with Gasteiger partial charge in [-0.25, -0.2) is 9.98 Å². The zero-order valence-electron chi connectivity index (χ0n) is 13.2. The van der Waals surface area contributed by atoms with Gasteiger partial charge in [0.1, 0.15) is 9.99 Å². The normalized spacial score (nSPS) is 11.1. The summed E-state index contributed by atoms with van der Waals surface area (Å²) in [5.41, 5.74) is 8.84. The molecule has 24 heavy (non-hydrogen) atoms. The van der Waals surface area contributed by atoms with Gasteiger partial charge in [0.2, 0.25) is 0 Å². The van der Waals surface area contributed by atoms with Crippen molar-refractivity contribution < 1.29 is 0 Å². The third kappa shape index (κ3) is 5.14. The van der Waals surface area contributed by atoms with E-state index in [1.165, 1.54) is 11.3 Å². The van der Waals surface area contributed by atoms with E-state index in [1.807, 2.05) is 12.3 Å². The molecule has 0 saturated heterocycles. The summed E-state index contributed by atoms with van der Waals surface area (Å²) in [5, 5.41) is 1.40. The van der Waals surface area contributed by atoms with E-state index < -0.39 is 0 Å². The highest BCUT2D eigenvalue weighted by Gasteiger charge is 2.07. The van der Waals surface area contributed by atoms with Gasteiger partial charge in [-0.15, -0.1) is 23.2 Å². The van der Waals surface area contributed by atoms with Gasteiger partial charge in [-0.2, -0.15) is 0 Å². The third-order valence-electron chi connectivity index (χ3n) is 3.36. The third-order valence-corrected chi connectivity index (χ3v) is 4.96. The standard InChI is InChI=1S/C16H18Cl2N4S2/c1-11-8-13(22(6-4-17)7-5-18)3-2-12(11)9-20-14-10-21-16(24-14)15(19)23/h2-3,8-10H,4-7H2,1H3,(H2,19,23)/b20-9+. The molecule has 0 aliphatic heterocycles. The number of anilines is 1. The summed E-state index contributed by atoms with van der Waals surface area (Å²) in [4.78, 5) is 11.0. The van der Waals surface area contributed by atoms with E-state index >= 15 is 0 Å². The zero-order valence-corrected chi connectivity index (χ0v) is 16.4. The van der Waals surface area contributed by atoms with Crippen LogP contribution in [0.5, 0.6) is 0 Å². The van der Waals surface area contributed by atoms with Crippen LogP contribution in [0.1, 0.15) is 16.1 Å². The number of aromatic nitrogens is 1. The molecule has 0 unspecified atom stereocenters. The van der Waals surface area contributed by atoms with Crippen LogP contribution in [0.15, 0.2) is 29.4 Å². The molecule has 0 saturated carbocycles. The van der Waals surface area contributed by atoms with Gasteiger partial charge in [0, 0.05) is 36.8 Å². The maximum absolute atomic E-state index is 5.87. The first-order chi connectivity index (χ1) is 11.5. The van der Waals surface area contributed by atoms with Crippen LogP contribution in [0.4, 0.5) is 10.7 Å². The number of aryl methyl sites for hydroxylation is 1. The maximum Gasteiger partial charge on any atom is 0.152 e. The Balaban J connectivity index is 2.16. The first-order valence-electron chi connectivity index (χ1n) is 7.32. The Kier molecular flexibility index (Phi) is 7.42. The van der Waals surface area contributed by atoms with Crippen LogP contribution in [0.2, 0.25) is 0 Å². The molecule has 4 nitrogen and oxygen atoms in total. The lowest BCUT2D eigenvalue weighted by Gasteiger charge is -2.23. The molecular formula is C16H18Cl2N4S2. The highest BCUT2D eigenvalue weighted by molar-refractivity contribution is 7.81. The van der Waals surface area contributed by atoms with E-state index in [-0.39, 0.29) is 0 Å². The Hall–Kier alpha value is -1.21. The summed E-state index contributed by atoms with van der Waals surface area (Å²) in [7, 11) is 0. The molecule has 0 aliphatic carbocycles. The largest absolute Gasteiger partial charge is 0.387 e. The molecule has 8 heteroatoms. The van der Waals surface area contributed by atoms with Crippen molar-refractivity contribution in [1.29, 1.82) is 0 Å². The number of hydrogen-bond acceptors (Lipinski definition) is 5. The summed E-state index contributed by atoms with van der Waals surface area (Å²) < 4.78 is 0. The average Bonchev–Trinajstić information content (AvgIpc) is 3.03. The second kappa shape index (κ2) is 9.32. The molecule has 0 radical (unpaired) electrons. The number of aliphatic imine (C=N–C) groups is 1. The lowest BCUT2D eigenvalue weighted by atomic mass is 10.1. The minimum absolute atomic E-state index is 0.292. The molecule has 2 rings (SSSR count). The fourth-order valence-electron chi connectivity index (χ4n) is 2.15. The number of nitrogens with two attached hydrogens (primary N) is 1. The van der Waals surface area contributed by atoms with Gasteiger partial charge in [0.15, 0.2) is 5.01 Å². The number of thiazole rings is 1. The monoisotopic (exact) mass is 400 g/mol. The topological polar surface area (TPSA) is 54.5 Å². The highest BCUT2D eigenvalue weighted by Crippen LogP contribution is 2.23. The van der Waals surface area contributed by atoms with Crippen LogP contribution in [0.3, 0.4) is 0 Å². The van der Waals surface area contributed by atoms with Gasteiger partial charge in [0.25, 0.3) is 0 Å². The quantitative estimate of drug-likeness (QED) is 0.411. The van der Waals surface area contributed by atoms with Crippen molar-refractivity contribution in [2.24, 2.45) is 10.7 Å². The second-order valence-corrected chi connectivity index (χ2v) is 7.24. The van der Waals surface area contributed by atoms with Crippen LogP contribution in [-0.2, 0) is 0 Å². The van der Waals surface area contributed by atoms with Crippen molar-refractivity contribution in [1.82, 2.24) is 4.98 Å². The highest BCUT2D eigenvalue weighted by atomic mass is 35.5. The molecular weight excluding hydrogens is 383 g/mol. The van der Waals surface area contributed by atoms with Gasteiger partial charge >= 0.3 is 0 Å². The van der Waals surface area contributed by atoms with E-state index in [2.05, 4.69) is 33.9 Å². The number of halogens is 2. The van der Waals surface area contributed by atoms with E-state index in [9.17, 15) is 0 Å². The molecule has 0 aliphatic rings. The maximum atomic E-state index is 5.87. The van der Waals surface area contributed by atoms with Crippen LogP contribution in [0, 0.1) is 6.92 Å². The first-order valence-corrected chi connectivity index (χ1v) is 9.61.